The van der Waals surface area contributed by atoms with E-state index < -0.39 is 15.9 Å². The third-order valence-corrected chi connectivity index (χ3v) is 5.42. The molecule has 0 fully saturated rings. The van der Waals surface area contributed by atoms with Gasteiger partial charge in [-0.1, -0.05) is 11.6 Å². The van der Waals surface area contributed by atoms with Gasteiger partial charge in [-0.2, -0.15) is 0 Å². The molecule has 2 aromatic rings. The van der Waals surface area contributed by atoms with E-state index in [-0.39, 0.29) is 27.6 Å². The fourth-order valence-corrected chi connectivity index (χ4v) is 3.71. The molecule has 0 spiro atoms. The highest BCUT2D eigenvalue weighted by Crippen LogP contribution is 2.22. The number of sulfonamides is 1. The molecule has 1 aromatic heterocycles. The number of pyridine rings is 1. The zero-order valence-corrected chi connectivity index (χ0v) is 15.7. The van der Waals surface area contributed by atoms with Crippen LogP contribution >= 0.6 is 11.6 Å². The number of rotatable bonds is 6. The van der Waals surface area contributed by atoms with Gasteiger partial charge in [-0.25, -0.2) is 13.1 Å². The number of aromatic nitrogens is 1. The summed E-state index contributed by atoms with van der Waals surface area (Å²) in [5.74, 6) is -0.448. The molecule has 0 aliphatic carbocycles. The molecule has 0 saturated carbocycles. The van der Waals surface area contributed by atoms with Crippen molar-refractivity contribution in [3.05, 3.63) is 58.9 Å². The molecule has 1 aromatic carbocycles. The summed E-state index contributed by atoms with van der Waals surface area (Å²) in [6.07, 6.45) is 3.27. The summed E-state index contributed by atoms with van der Waals surface area (Å²) >= 11 is 6.09. The molecule has 2 N–H and O–H groups in total. The molecule has 25 heavy (non-hydrogen) atoms. The van der Waals surface area contributed by atoms with Gasteiger partial charge in [-0.3, -0.25) is 9.78 Å². The van der Waals surface area contributed by atoms with Crippen LogP contribution in [0, 0.1) is 0 Å². The number of halogens is 1. The van der Waals surface area contributed by atoms with Crippen molar-refractivity contribution in [2.75, 3.05) is 0 Å². The van der Waals surface area contributed by atoms with Crippen LogP contribution in [0.3, 0.4) is 0 Å². The summed E-state index contributed by atoms with van der Waals surface area (Å²) in [5.41, 5.74) is 0.985. The van der Waals surface area contributed by atoms with E-state index in [9.17, 15) is 13.2 Å². The van der Waals surface area contributed by atoms with Crippen molar-refractivity contribution in [2.24, 2.45) is 0 Å². The first-order chi connectivity index (χ1) is 11.7. The molecule has 1 unspecified atom stereocenters. The fraction of sp³-hybridized carbons (Fsp3) is 0.294. The van der Waals surface area contributed by atoms with Gasteiger partial charge in [-0.05, 0) is 56.7 Å². The van der Waals surface area contributed by atoms with Crippen LogP contribution in [-0.4, -0.2) is 25.4 Å². The van der Waals surface area contributed by atoms with Crippen LogP contribution < -0.4 is 10.0 Å². The lowest BCUT2D eigenvalue weighted by molar-refractivity contribution is 0.0940. The summed E-state index contributed by atoms with van der Waals surface area (Å²) < 4.78 is 27.0. The largest absolute Gasteiger partial charge is 0.345 e. The van der Waals surface area contributed by atoms with Crippen LogP contribution in [0.25, 0.3) is 0 Å². The predicted octanol–water partition coefficient (Wildman–Crippen LogP) is 2.91. The van der Waals surface area contributed by atoms with Crippen molar-refractivity contribution < 1.29 is 13.2 Å². The summed E-state index contributed by atoms with van der Waals surface area (Å²) in [6, 6.07) is 7.10. The molecule has 1 amide bonds. The van der Waals surface area contributed by atoms with Gasteiger partial charge in [0.05, 0.1) is 21.5 Å². The van der Waals surface area contributed by atoms with E-state index >= 15 is 0 Å². The third-order valence-electron chi connectivity index (χ3n) is 3.44. The fourth-order valence-electron chi connectivity index (χ4n) is 2.23. The monoisotopic (exact) mass is 381 g/mol. The van der Waals surface area contributed by atoms with Crippen molar-refractivity contribution in [1.82, 2.24) is 15.0 Å². The van der Waals surface area contributed by atoms with Gasteiger partial charge in [0.25, 0.3) is 5.91 Å². The molecule has 134 valence electrons. The molecule has 0 saturated heterocycles. The van der Waals surface area contributed by atoms with Crippen LogP contribution in [0.4, 0.5) is 0 Å². The Morgan fingerprint density at radius 2 is 1.76 bits per heavy atom. The number of nitrogens with zero attached hydrogens (tertiary/aromatic N) is 1. The molecule has 1 heterocycles. The Hall–Kier alpha value is -1.96. The Kier molecular flexibility index (Phi) is 6.16. The molecule has 0 aliphatic heterocycles. The van der Waals surface area contributed by atoms with E-state index in [1.807, 2.05) is 6.92 Å². The summed E-state index contributed by atoms with van der Waals surface area (Å²) in [4.78, 5) is 16.5. The first-order valence-corrected chi connectivity index (χ1v) is 9.59. The van der Waals surface area contributed by atoms with Crippen LogP contribution in [0.1, 0.15) is 42.7 Å². The second-order valence-corrected chi connectivity index (χ2v) is 8.01. The van der Waals surface area contributed by atoms with Gasteiger partial charge in [0.1, 0.15) is 0 Å². The highest BCUT2D eigenvalue weighted by molar-refractivity contribution is 7.89. The Labute approximate surface area is 152 Å². The highest BCUT2D eigenvalue weighted by atomic mass is 35.5. The lowest BCUT2D eigenvalue weighted by atomic mass is 10.1. The Morgan fingerprint density at radius 3 is 2.36 bits per heavy atom. The van der Waals surface area contributed by atoms with Gasteiger partial charge >= 0.3 is 0 Å². The maximum absolute atomic E-state index is 12.5. The van der Waals surface area contributed by atoms with Gasteiger partial charge in [-0.15, -0.1) is 0 Å². The molecular weight excluding hydrogens is 362 g/mol. The molecule has 8 heteroatoms. The minimum absolute atomic E-state index is 0.00712. The minimum atomic E-state index is -3.71. The number of amides is 1. The van der Waals surface area contributed by atoms with Gasteiger partial charge in [0.2, 0.25) is 10.0 Å². The standard InChI is InChI=1S/C17H20ClN3O3S/c1-11(2)21-25(23,24)14-4-5-16(18)15(10-14)17(22)20-12(3)13-6-8-19-9-7-13/h4-12,21H,1-3H3,(H,20,22). The second kappa shape index (κ2) is 7.95. The van der Waals surface area contributed by atoms with E-state index in [1.54, 1.807) is 38.4 Å². The molecule has 2 rings (SSSR count). The Morgan fingerprint density at radius 1 is 1.12 bits per heavy atom. The van der Waals surface area contributed by atoms with Crippen molar-refractivity contribution >= 4 is 27.5 Å². The number of carbonyl (C=O) groups excluding carboxylic acids is 1. The van der Waals surface area contributed by atoms with E-state index in [4.69, 9.17) is 11.6 Å². The van der Waals surface area contributed by atoms with Crippen molar-refractivity contribution in [1.29, 1.82) is 0 Å². The normalized spacial score (nSPS) is 12.8. The average Bonchev–Trinajstić information content (AvgIpc) is 2.54. The first-order valence-electron chi connectivity index (χ1n) is 7.73. The molecule has 0 aliphatic rings. The predicted molar refractivity (Wildman–Crippen MR) is 97.0 cm³/mol. The second-order valence-electron chi connectivity index (χ2n) is 5.89. The van der Waals surface area contributed by atoms with Crippen LogP contribution in [0.5, 0.6) is 0 Å². The van der Waals surface area contributed by atoms with Crippen molar-refractivity contribution in [3.8, 4) is 0 Å². The van der Waals surface area contributed by atoms with E-state index in [0.717, 1.165) is 5.56 Å². The van der Waals surface area contributed by atoms with Crippen LogP contribution in [-0.2, 0) is 10.0 Å². The maximum atomic E-state index is 12.5. The third kappa shape index (κ3) is 5.01. The van der Waals surface area contributed by atoms with Crippen LogP contribution in [0.2, 0.25) is 5.02 Å². The average molecular weight is 382 g/mol. The number of nitrogens with one attached hydrogen (secondary N) is 2. The topological polar surface area (TPSA) is 88.2 Å². The lowest BCUT2D eigenvalue weighted by Gasteiger charge is -2.16. The molecular formula is C17H20ClN3O3S. The van der Waals surface area contributed by atoms with E-state index in [1.165, 1.54) is 18.2 Å². The van der Waals surface area contributed by atoms with E-state index in [0.29, 0.717) is 0 Å². The number of benzene rings is 1. The zero-order chi connectivity index (χ0) is 18.6. The SMILES string of the molecule is CC(C)NS(=O)(=O)c1ccc(Cl)c(C(=O)NC(C)c2ccncc2)c1. The molecule has 1 atom stereocenters. The van der Waals surface area contributed by atoms with Gasteiger partial charge in [0, 0.05) is 18.4 Å². The minimum Gasteiger partial charge on any atom is -0.345 e. The molecule has 6 nitrogen and oxygen atoms in total. The Balaban J connectivity index is 2.26. The van der Waals surface area contributed by atoms with Crippen LogP contribution in [0.15, 0.2) is 47.6 Å². The zero-order valence-electron chi connectivity index (χ0n) is 14.2. The molecule has 0 bridgehead atoms. The van der Waals surface area contributed by atoms with Crippen molar-refractivity contribution in [3.63, 3.8) is 0 Å². The highest BCUT2D eigenvalue weighted by Gasteiger charge is 2.20. The summed E-state index contributed by atoms with van der Waals surface area (Å²) in [5, 5.41) is 2.99. The quantitative estimate of drug-likeness (QED) is 0.805. The van der Waals surface area contributed by atoms with Crippen molar-refractivity contribution in [2.45, 2.75) is 37.8 Å². The number of hydrogen-bond acceptors (Lipinski definition) is 4. The molecule has 0 radical (unpaired) electrons. The van der Waals surface area contributed by atoms with Gasteiger partial charge in [0.15, 0.2) is 0 Å². The summed E-state index contributed by atoms with van der Waals surface area (Å²) in [7, 11) is -3.71. The smallest absolute Gasteiger partial charge is 0.253 e. The Bertz CT molecular complexity index is 855. The lowest BCUT2D eigenvalue weighted by Crippen LogP contribution is -2.31. The number of hydrogen-bond donors (Lipinski definition) is 2. The van der Waals surface area contributed by atoms with E-state index in [2.05, 4.69) is 15.0 Å². The first kappa shape index (κ1) is 19.4. The number of carbonyl (C=O) groups is 1. The summed E-state index contributed by atoms with van der Waals surface area (Å²) in [6.45, 7) is 5.26. The maximum Gasteiger partial charge on any atom is 0.253 e. The van der Waals surface area contributed by atoms with Gasteiger partial charge < -0.3 is 5.32 Å².